The third kappa shape index (κ3) is 21.4. The molecule has 0 saturated carbocycles. The van der Waals surface area contributed by atoms with E-state index in [1.807, 2.05) is 0 Å². The first-order valence-corrected chi connectivity index (χ1v) is 34.1. The summed E-state index contributed by atoms with van der Waals surface area (Å²) in [5.41, 5.74) is 4.20. The molecule has 610 valence electrons. The van der Waals surface area contributed by atoms with Crippen LogP contribution < -0.4 is 22.1 Å². The highest BCUT2D eigenvalue weighted by Gasteiger charge is 2.61. The number of nitrogens with one attached hydrogen (secondary N) is 2. The van der Waals surface area contributed by atoms with Crippen molar-refractivity contribution in [2.75, 3.05) is 38.8 Å². The quantitative estimate of drug-likeness (QED) is 0.0150. The van der Waals surface area contributed by atoms with Crippen molar-refractivity contribution in [2.45, 2.75) is 225 Å². The molecule has 0 radical (unpaired) electrons. The summed E-state index contributed by atoms with van der Waals surface area (Å²) in [6.45, 7) is -4.20. The highest BCUT2D eigenvalue weighted by atomic mass is 31.2. The van der Waals surface area contributed by atoms with Gasteiger partial charge in [-0.1, -0.05) is 10.4 Å². The van der Waals surface area contributed by atoms with Crippen molar-refractivity contribution in [3.8, 4) is 0 Å². The number of hydrogen-bond donors (Lipinski definition) is 19. The Balaban J connectivity index is 0.867. The fourth-order valence-electron chi connectivity index (χ4n) is 11.9. The monoisotopic (exact) mass is 1590 g/mol. The number of ether oxygens (including phenoxy) is 12. The summed E-state index contributed by atoms with van der Waals surface area (Å²) >= 11 is 0. The van der Waals surface area contributed by atoms with Gasteiger partial charge in [0, 0.05) is 46.7 Å². The Bertz CT molecular complexity index is 3780. The first-order chi connectivity index (χ1) is 51.2. The zero-order valence-electron chi connectivity index (χ0n) is 57.5. The summed E-state index contributed by atoms with van der Waals surface area (Å²) < 4.78 is 91.9. The van der Waals surface area contributed by atoms with Gasteiger partial charge in [-0.2, -0.15) is 4.98 Å². The minimum Gasteiger partial charge on any atom is -0.477 e. The van der Waals surface area contributed by atoms with Crippen molar-refractivity contribution in [1.82, 2.24) is 50.2 Å². The van der Waals surface area contributed by atoms with Crippen molar-refractivity contribution in [3.05, 3.63) is 46.5 Å². The molecular weight excluding hydrogens is 1510 g/mol. The zero-order chi connectivity index (χ0) is 80.5. The van der Waals surface area contributed by atoms with Crippen LogP contribution in [0.1, 0.15) is 58.2 Å². The van der Waals surface area contributed by atoms with Crippen LogP contribution in [0.5, 0.6) is 0 Å². The molecule has 1 unspecified atom stereocenters. The Kier molecular flexibility index (Phi) is 29.3. The van der Waals surface area contributed by atoms with Crippen molar-refractivity contribution in [3.63, 3.8) is 0 Å². The number of amides is 2. The fraction of sp³-hybridized carbons (Fsp3) is 0.719. The summed E-state index contributed by atoms with van der Waals surface area (Å²) in [6, 6.07) is -2.69. The summed E-state index contributed by atoms with van der Waals surface area (Å²) in [6.07, 6.45) is -42.6. The third-order valence-electron chi connectivity index (χ3n) is 17.1. The van der Waals surface area contributed by atoms with Crippen LogP contribution in [0, 0.1) is 0 Å². The summed E-state index contributed by atoms with van der Waals surface area (Å²) in [7, 11) is -5.81. The molecule has 5 fully saturated rings. The maximum Gasteiger partial charge on any atom is 0.475 e. The number of hydrogen-bond acceptors (Lipinski definition) is 43. The molecule has 20 N–H and O–H groups in total. The van der Waals surface area contributed by atoms with Crippen molar-refractivity contribution in [2.24, 2.45) is 0 Å². The molecule has 8 rings (SSSR count). The maximum absolute atomic E-state index is 13.7. The van der Waals surface area contributed by atoms with Crippen LogP contribution in [-0.2, 0) is 135 Å². The van der Waals surface area contributed by atoms with E-state index in [2.05, 4.69) is 36.2 Å². The molecule has 109 heavy (non-hydrogen) atoms. The predicted molar refractivity (Wildman–Crippen MR) is 334 cm³/mol. The number of carboxylic acids is 2. The molecule has 0 spiro atoms. The standard InChI is InChI=1S/C57H82N11O40P/c1-20(71)95-17-32-45(100-21(2)72)48(101-22(3)73)49(102-23(4)74)52(105-32)97-16-25-10-67(65-63-25)11-34(79)60-36-26(75)7-56(53(88)89,106-46(36)38(81)28(77)13-69)98-18-30-40(83)42(85)44(87)51(104-30)96-15-24-9-66(64-62-24)12-35(80)61-37-27(76)8-57(54(90)91,107-47(37)39(82)29(78)14-70)108-109(93,94)99-19-31-41(84)43(86)50(103-31)68-6-5-33(58)59-55(68)92/h5-6,9-10,26-32,36-52,69-70,75-78,81-87H,7-8,11-19H2,1-4H3,(H,60,79)(H,61,80)(H,88,89)(H,90,91)(H,93,94)(H2,58,59,92)/t26-,27-,28+,29+,30+,31+,32+,36+,37+,38+,39+,40-,41+,42-,43+,44+,45-,46+,47+,48-,49+,50+,51+,52+,56+,57-/m0/s1. The van der Waals surface area contributed by atoms with Gasteiger partial charge in [-0.05, 0) is 6.07 Å². The molecule has 0 aromatic carbocycles. The lowest BCUT2D eigenvalue weighted by Crippen LogP contribution is -2.68. The Morgan fingerprint density at radius 1 is 0.624 bits per heavy atom. The minimum absolute atomic E-state index is 0.0620. The number of anilines is 1. The number of carbonyl (C=O) groups excluding carboxylic acids is 6. The zero-order valence-corrected chi connectivity index (χ0v) is 58.4. The topological polar surface area (TPSA) is 753 Å². The molecule has 8 heterocycles. The van der Waals surface area contributed by atoms with Crippen LogP contribution in [0.4, 0.5) is 5.82 Å². The number of nitrogen functional groups attached to an aromatic ring is 1. The van der Waals surface area contributed by atoms with Crippen LogP contribution >= 0.6 is 7.82 Å². The number of aliphatic hydroxyl groups excluding tert-OH is 13. The van der Waals surface area contributed by atoms with Crippen LogP contribution in [-0.4, -0.2) is 354 Å². The largest absolute Gasteiger partial charge is 0.477 e. The first kappa shape index (κ1) is 86.6. The molecule has 5 saturated heterocycles. The Morgan fingerprint density at radius 2 is 1.10 bits per heavy atom. The van der Waals surface area contributed by atoms with Gasteiger partial charge in [-0.3, -0.25) is 37.9 Å². The van der Waals surface area contributed by atoms with E-state index >= 15 is 0 Å². The van der Waals surface area contributed by atoms with Gasteiger partial charge in [0.1, 0.15) is 122 Å². The molecule has 5 aliphatic heterocycles. The molecular formula is C57H82N11O40P. The van der Waals surface area contributed by atoms with E-state index in [0.717, 1.165) is 66.3 Å². The summed E-state index contributed by atoms with van der Waals surface area (Å²) in [5, 5.41) is 181. The van der Waals surface area contributed by atoms with Gasteiger partial charge in [0.05, 0.1) is 76.3 Å². The molecule has 27 atom stereocenters. The van der Waals surface area contributed by atoms with Crippen molar-refractivity contribution >= 4 is 61.3 Å². The highest BCUT2D eigenvalue weighted by molar-refractivity contribution is 7.47. The number of rotatable bonds is 34. The van der Waals surface area contributed by atoms with Crippen LogP contribution in [0.15, 0.2) is 29.5 Å². The van der Waals surface area contributed by atoms with E-state index in [9.17, 15) is 129 Å². The number of phosphoric ester groups is 1. The maximum atomic E-state index is 13.7. The molecule has 51 nitrogen and oxygen atoms in total. The molecule has 52 heteroatoms. The number of aliphatic hydroxyl groups is 13. The molecule has 0 aliphatic carbocycles. The van der Waals surface area contributed by atoms with E-state index in [4.69, 9.17) is 71.6 Å². The molecule has 3 aromatic heterocycles. The second-order valence-corrected chi connectivity index (χ2v) is 26.6. The van der Waals surface area contributed by atoms with E-state index in [0.29, 0.717) is 0 Å². The number of carbonyl (C=O) groups is 8. The van der Waals surface area contributed by atoms with Gasteiger partial charge in [-0.15, -0.1) is 10.2 Å². The molecule has 0 bridgehead atoms. The number of phosphoric acid groups is 1. The van der Waals surface area contributed by atoms with Crippen molar-refractivity contribution < 1.29 is 190 Å². The Labute approximate surface area is 610 Å². The summed E-state index contributed by atoms with van der Waals surface area (Å²) in [5.74, 6) is -16.9. The first-order valence-electron chi connectivity index (χ1n) is 32.6. The Morgan fingerprint density at radius 3 is 1.61 bits per heavy atom. The normalized spacial score (nSPS) is 33.6. The van der Waals surface area contributed by atoms with Gasteiger partial charge in [0.15, 0.2) is 37.1 Å². The SMILES string of the molecule is CC(=O)OC[C@H]1O[C@@H](OCc2cn(CC(=O)N[C@H]3[C@H]([C@H](O)[C@H](O)CO)O[C@@](OC[C@H]4O[C@@H](OCc5cn(CC(=O)N[C@H]6[C@H]([C@H](O)[C@H](O)CO)O[C@@](OP(=O)(O)OC[C@H]7O[C@@H](n8ccc(N)nc8=O)[C@H](O)[C@@H]7O)(C(=O)O)C[C@@H]6O)nn5)[C@H](O)[C@@H](O)[C@H]4O)(C(=O)O)C[C@@H]3O)nn2)[C@H](OC(C)=O)[C@@H](OC(C)=O)[C@H]1OC(C)=O. The molecule has 3 aromatic rings. The van der Waals surface area contributed by atoms with E-state index in [1.54, 1.807) is 0 Å². The number of aromatic nitrogens is 8. The van der Waals surface area contributed by atoms with Gasteiger partial charge in [0.2, 0.25) is 11.8 Å². The second kappa shape index (κ2) is 36.9. The molecule has 2 amide bonds. The lowest BCUT2D eigenvalue weighted by atomic mass is 9.88. The van der Waals surface area contributed by atoms with Gasteiger partial charge in [0.25, 0.3) is 11.6 Å². The lowest BCUT2D eigenvalue weighted by molar-refractivity contribution is -0.339. The Hall–Kier alpha value is -8.01. The van der Waals surface area contributed by atoms with Gasteiger partial charge < -0.3 is 155 Å². The average Bonchev–Trinajstić information content (AvgIpc) is 1.48. The number of esters is 4. The number of carboxylic acid groups (broad SMARTS) is 2. The van der Waals surface area contributed by atoms with Crippen LogP contribution in [0.25, 0.3) is 0 Å². The number of nitrogens with two attached hydrogens (primary N) is 1. The number of nitrogens with zero attached hydrogens (tertiary/aromatic N) is 8. The fourth-order valence-corrected chi connectivity index (χ4v) is 12.9. The second-order valence-electron chi connectivity index (χ2n) is 25.3. The van der Waals surface area contributed by atoms with E-state index in [-0.39, 0.29) is 17.2 Å². The van der Waals surface area contributed by atoms with E-state index in [1.165, 1.54) is 0 Å². The predicted octanol–water partition coefficient (Wildman–Crippen LogP) is -12.6. The molecule has 5 aliphatic rings. The highest BCUT2D eigenvalue weighted by Crippen LogP contribution is 2.52. The summed E-state index contributed by atoms with van der Waals surface area (Å²) in [4.78, 5) is 128. The van der Waals surface area contributed by atoms with Crippen molar-refractivity contribution in [1.29, 1.82) is 0 Å². The smallest absolute Gasteiger partial charge is 0.475 e. The minimum atomic E-state index is -5.81. The van der Waals surface area contributed by atoms with Crippen LogP contribution in [0.2, 0.25) is 0 Å². The van der Waals surface area contributed by atoms with Gasteiger partial charge in [-0.25, -0.2) is 32.8 Å². The average molecular weight is 1590 g/mol. The van der Waals surface area contributed by atoms with Crippen LogP contribution in [0.3, 0.4) is 0 Å². The van der Waals surface area contributed by atoms with Gasteiger partial charge >= 0.3 is 49.3 Å². The third-order valence-corrected chi connectivity index (χ3v) is 18.1. The number of aliphatic carboxylic acids is 2. The lowest BCUT2D eigenvalue weighted by Gasteiger charge is -2.47. The van der Waals surface area contributed by atoms with E-state index < -0.39 is 292 Å².